The van der Waals surface area contributed by atoms with Crippen molar-refractivity contribution >= 4 is 34.5 Å². The summed E-state index contributed by atoms with van der Waals surface area (Å²) in [7, 11) is 2.03. The van der Waals surface area contributed by atoms with Gasteiger partial charge in [0.25, 0.3) is 0 Å². The van der Waals surface area contributed by atoms with E-state index in [1.807, 2.05) is 7.05 Å². The average molecular weight is 404 g/mol. The zero-order valence-corrected chi connectivity index (χ0v) is 17.5. The molecule has 28 heavy (non-hydrogen) atoms. The predicted molar refractivity (Wildman–Crippen MR) is 114 cm³/mol. The Morgan fingerprint density at radius 2 is 2.07 bits per heavy atom. The number of hydrogen-bond donors (Lipinski definition) is 1. The first-order valence-electron chi connectivity index (χ1n) is 10.1. The first-order valence-corrected chi connectivity index (χ1v) is 11.1. The van der Waals surface area contributed by atoms with Gasteiger partial charge in [-0.2, -0.15) is 0 Å². The lowest BCUT2D eigenvalue weighted by atomic mass is 9.96. The van der Waals surface area contributed by atoms with Gasteiger partial charge in [-0.15, -0.1) is 0 Å². The Morgan fingerprint density at radius 3 is 2.82 bits per heavy atom. The fourth-order valence-corrected chi connectivity index (χ4v) is 4.85. The molecule has 2 fully saturated rings. The van der Waals surface area contributed by atoms with Crippen molar-refractivity contribution in [1.29, 1.82) is 0 Å². The van der Waals surface area contributed by atoms with Gasteiger partial charge in [0.2, 0.25) is 5.91 Å². The van der Waals surface area contributed by atoms with Crippen LogP contribution in [0.4, 0.5) is 5.69 Å². The van der Waals surface area contributed by atoms with Crippen LogP contribution in [0.5, 0.6) is 0 Å². The summed E-state index contributed by atoms with van der Waals surface area (Å²) in [4.78, 5) is 31.4. The summed E-state index contributed by atoms with van der Waals surface area (Å²) in [6, 6.07) is 7.44. The van der Waals surface area contributed by atoms with E-state index >= 15 is 0 Å². The molecule has 2 aliphatic rings. The quantitative estimate of drug-likeness (QED) is 0.729. The van der Waals surface area contributed by atoms with Crippen molar-refractivity contribution in [2.45, 2.75) is 57.5 Å². The normalized spacial score (nSPS) is 21.7. The number of esters is 1. The van der Waals surface area contributed by atoms with Crippen molar-refractivity contribution in [3.05, 3.63) is 29.8 Å². The van der Waals surface area contributed by atoms with E-state index < -0.39 is 0 Å². The number of thioether (sulfide) groups is 1. The first kappa shape index (κ1) is 20.7. The van der Waals surface area contributed by atoms with Crippen molar-refractivity contribution in [1.82, 2.24) is 4.90 Å². The molecule has 1 atom stereocenters. The fraction of sp³-hybridized carbons (Fsp3) is 0.571. The van der Waals surface area contributed by atoms with E-state index in [0.29, 0.717) is 30.3 Å². The Balaban J connectivity index is 1.54. The maximum atomic E-state index is 12.5. The van der Waals surface area contributed by atoms with Crippen molar-refractivity contribution in [2.24, 2.45) is 4.99 Å². The number of hydrogen-bond acceptors (Lipinski definition) is 5. The van der Waals surface area contributed by atoms with E-state index in [1.165, 1.54) is 32.1 Å². The first-order chi connectivity index (χ1) is 13.6. The molecular formula is C21H29N3O3S. The van der Waals surface area contributed by atoms with Crippen LogP contribution in [0.25, 0.3) is 0 Å². The Bertz CT molecular complexity index is 731. The van der Waals surface area contributed by atoms with Crippen LogP contribution in [0.2, 0.25) is 0 Å². The van der Waals surface area contributed by atoms with Crippen LogP contribution in [-0.2, 0) is 9.53 Å². The van der Waals surface area contributed by atoms with E-state index in [9.17, 15) is 9.59 Å². The van der Waals surface area contributed by atoms with Crippen LogP contribution >= 0.6 is 11.8 Å². The standard InChI is InChI=1S/C21H29N3O3S/c1-3-27-20(26)15-8-7-11-17(12-15)22-19(25)13-18-14-28-21(24(18)2)23-16-9-5-4-6-10-16/h7-8,11-12,16,18H,3-6,9-10,13-14H2,1-2H3,(H,22,25). The summed E-state index contributed by atoms with van der Waals surface area (Å²) in [5.74, 6) is 0.435. The number of carbonyl (C=O) groups is 2. The van der Waals surface area contributed by atoms with Crippen LogP contribution in [0, 0.1) is 0 Å². The Kier molecular flexibility index (Phi) is 7.36. The topological polar surface area (TPSA) is 71.0 Å². The van der Waals surface area contributed by atoms with Gasteiger partial charge in [-0.05, 0) is 38.0 Å². The molecule has 1 aromatic carbocycles. The molecule has 0 aromatic heterocycles. The zero-order chi connectivity index (χ0) is 19.9. The molecule has 1 aliphatic heterocycles. The van der Waals surface area contributed by atoms with Gasteiger partial charge in [0.05, 0.1) is 18.2 Å². The largest absolute Gasteiger partial charge is 0.462 e. The van der Waals surface area contributed by atoms with Gasteiger partial charge in [-0.3, -0.25) is 9.79 Å². The summed E-state index contributed by atoms with van der Waals surface area (Å²) in [5, 5.41) is 3.96. The molecule has 152 valence electrons. The van der Waals surface area contributed by atoms with Crippen molar-refractivity contribution in [3.63, 3.8) is 0 Å². The summed E-state index contributed by atoms with van der Waals surface area (Å²) in [6.07, 6.45) is 6.63. The number of anilines is 1. The van der Waals surface area contributed by atoms with E-state index in [2.05, 4.69) is 10.2 Å². The van der Waals surface area contributed by atoms with Crippen molar-refractivity contribution in [2.75, 3.05) is 24.7 Å². The maximum Gasteiger partial charge on any atom is 0.338 e. The average Bonchev–Trinajstić information content (AvgIpc) is 3.02. The number of ether oxygens (including phenoxy) is 1. The summed E-state index contributed by atoms with van der Waals surface area (Å²) >= 11 is 1.75. The highest BCUT2D eigenvalue weighted by atomic mass is 32.2. The van der Waals surface area contributed by atoms with E-state index in [0.717, 1.165) is 10.9 Å². The van der Waals surface area contributed by atoms with Crippen molar-refractivity contribution < 1.29 is 14.3 Å². The van der Waals surface area contributed by atoms with Gasteiger partial charge in [-0.1, -0.05) is 37.1 Å². The molecule has 1 amide bonds. The highest BCUT2D eigenvalue weighted by molar-refractivity contribution is 8.14. The summed E-state index contributed by atoms with van der Waals surface area (Å²) in [5.41, 5.74) is 1.05. The van der Waals surface area contributed by atoms with Gasteiger partial charge in [0, 0.05) is 31.0 Å². The molecule has 1 heterocycles. The van der Waals surface area contributed by atoms with E-state index in [4.69, 9.17) is 9.73 Å². The molecule has 1 aliphatic carbocycles. The molecule has 3 rings (SSSR count). The zero-order valence-electron chi connectivity index (χ0n) is 16.6. The number of nitrogens with zero attached hydrogens (tertiary/aromatic N) is 2. The van der Waals surface area contributed by atoms with Crippen molar-refractivity contribution in [3.8, 4) is 0 Å². The Hall–Kier alpha value is -2.02. The van der Waals surface area contributed by atoms with Gasteiger partial charge in [-0.25, -0.2) is 4.79 Å². The molecule has 0 spiro atoms. The van der Waals surface area contributed by atoms with Gasteiger partial charge < -0.3 is 15.0 Å². The summed E-state index contributed by atoms with van der Waals surface area (Å²) in [6.45, 7) is 2.09. The highest BCUT2D eigenvalue weighted by Gasteiger charge is 2.30. The molecule has 1 unspecified atom stereocenters. The molecule has 1 saturated heterocycles. The molecule has 6 nitrogen and oxygen atoms in total. The van der Waals surface area contributed by atoms with Gasteiger partial charge in [0.15, 0.2) is 5.17 Å². The molecular weight excluding hydrogens is 374 g/mol. The molecule has 1 saturated carbocycles. The number of aliphatic imine (C=N–C) groups is 1. The molecule has 1 N–H and O–H groups in total. The lowest BCUT2D eigenvalue weighted by Gasteiger charge is -2.23. The SMILES string of the molecule is CCOC(=O)c1cccc(NC(=O)CC2CSC(=NC3CCCCC3)N2C)c1. The predicted octanol–water partition coefficient (Wildman–Crippen LogP) is 3.93. The number of nitrogens with one attached hydrogen (secondary N) is 1. The van der Waals surface area contributed by atoms with Crippen LogP contribution in [-0.4, -0.2) is 53.4 Å². The molecule has 7 heteroatoms. The lowest BCUT2D eigenvalue weighted by Crippen LogP contribution is -2.34. The summed E-state index contributed by atoms with van der Waals surface area (Å²) < 4.78 is 5.01. The minimum absolute atomic E-state index is 0.0580. The minimum Gasteiger partial charge on any atom is -0.462 e. The Morgan fingerprint density at radius 1 is 1.29 bits per heavy atom. The Labute approximate surface area is 171 Å². The van der Waals surface area contributed by atoms with E-state index in [1.54, 1.807) is 43.0 Å². The third-order valence-corrected chi connectivity index (χ3v) is 6.40. The van der Waals surface area contributed by atoms with Crippen LogP contribution in [0.1, 0.15) is 55.8 Å². The van der Waals surface area contributed by atoms with Gasteiger partial charge >= 0.3 is 5.97 Å². The molecule has 0 radical (unpaired) electrons. The monoisotopic (exact) mass is 403 g/mol. The molecule has 0 bridgehead atoms. The lowest BCUT2D eigenvalue weighted by molar-refractivity contribution is -0.116. The third-order valence-electron chi connectivity index (χ3n) is 5.20. The second-order valence-corrected chi connectivity index (χ2v) is 8.32. The molecule has 1 aromatic rings. The van der Waals surface area contributed by atoms with E-state index in [-0.39, 0.29) is 17.9 Å². The van der Waals surface area contributed by atoms with Crippen LogP contribution < -0.4 is 5.32 Å². The number of amides is 1. The number of rotatable bonds is 6. The highest BCUT2D eigenvalue weighted by Crippen LogP contribution is 2.28. The minimum atomic E-state index is -0.380. The third kappa shape index (κ3) is 5.50. The maximum absolute atomic E-state index is 12.5. The van der Waals surface area contributed by atoms with Crippen LogP contribution in [0.15, 0.2) is 29.3 Å². The second-order valence-electron chi connectivity index (χ2n) is 7.33. The fourth-order valence-electron chi connectivity index (χ4n) is 3.60. The number of benzene rings is 1. The number of carbonyl (C=O) groups excluding carboxylic acids is 2. The smallest absolute Gasteiger partial charge is 0.338 e. The second kappa shape index (κ2) is 9.96. The number of amidine groups is 1. The van der Waals surface area contributed by atoms with Gasteiger partial charge in [0.1, 0.15) is 0 Å². The van der Waals surface area contributed by atoms with Crippen LogP contribution in [0.3, 0.4) is 0 Å².